The van der Waals surface area contributed by atoms with Crippen molar-refractivity contribution in [2.75, 3.05) is 13.2 Å². The molecule has 1 saturated heterocycles. The number of amides is 1. The van der Waals surface area contributed by atoms with E-state index < -0.39 is 11.7 Å². The van der Waals surface area contributed by atoms with Gasteiger partial charge in [-0.15, -0.1) is 11.3 Å². The van der Waals surface area contributed by atoms with Crippen LogP contribution in [0, 0.1) is 0 Å². The van der Waals surface area contributed by atoms with Crippen LogP contribution in [0.25, 0.3) is 0 Å². The van der Waals surface area contributed by atoms with E-state index >= 15 is 0 Å². The highest BCUT2D eigenvalue weighted by molar-refractivity contribution is 7.12. The number of hydrogen-bond donors (Lipinski definition) is 0. The lowest BCUT2D eigenvalue weighted by atomic mass is 10.1. The van der Waals surface area contributed by atoms with Crippen LogP contribution in [0.5, 0.6) is 0 Å². The van der Waals surface area contributed by atoms with Gasteiger partial charge in [0.1, 0.15) is 5.82 Å². The zero-order chi connectivity index (χ0) is 21.8. The fraction of sp³-hybridized carbons (Fsp3) is 0.364. The first-order valence-electron chi connectivity index (χ1n) is 10.0. The minimum absolute atomic E-state index is 0.0198. The third-order valence-corrected chi connectivity index (χ3v) is 6.12. The Morgan fingerprint density at radius 3 is 2.81 bits per heavy atom. The van der Waals surface area contributed by atoms with Gasteiger partial charge in [-0.1, -0.05) is 24.3 Å². The van der Waals surface area contributed by atoms with E-state index in [4.69, 9.17) is 4.74 Å². The van der Waals surface area contributed by atoms with Gasteiger partial charge in [0.15, 0.2) is 0 Å². The summed E-state index contributed by atoms with van der Waals surface area (Å²) in [5.74, 6) is 0.399. The quantitative estimate of drug-likeness (QED) is 0.519. The topological polar surface area (TPSA) is 47.4 Å². The summed E-state index contributed by atoms with van der Waals surface area (Å²) in [5, 5.41) is 1.84. The van der Waals surface area contributed by atoms with Crippen LogP contribution in [0.2, 0.25) is 0 Å². The number of benzene rings is 1. The van der Waals surface area contributed by atoms with Crippen LogP contribution in [0.3, 0.4) is 0 Å². The van der Waals surface area contributed by atoms with E-state index in [-0.39, 0.29) is 30.7 Å². The summed E-state index contributed by atoms with van der Waals surface area (Å²) in [6.07, 6.45) is 0.542. The van der Waals surface area contributed by atoms with E-state index in [1.165, 1.54) is 23.5 Å². The Balaban J connectivity index is 1.57. The van der Waals surface area contributed by atoms with Crippen LogP contribution in [0.1, 0.15) is 39.5 Å². The van der Waals surface area contributed by atoms with Gasteiger partial charge in [0, 0.05) is 32.1 Å². The summed E-state index contributed by atoms with van der Waals surface area (Å²) < 4.78 is 47.5. The molecule has 1 aromatic carbocycles. The average Bonchev–Trinajstić information content (AvgIpc) is 3.51. The fourth-order valence-electron chi connectivity index (χ4n) is 3.73. The van der Waals surface area contributed by atoms with Gasteiger partial charge in [0.2, 0.25) is 0 Å². The smallest absolute Gasteiger partial charge is 0.376 e. The molecular weight excluding hydrogens is 427 g/mol. The molecule has 1 atom stereocenters. The summed E-state index contributed by atoms with van der Waals surface area (Å²) >= 11 is 1.36. The van der Waals surface area contributed by atoms with Gasteiger partial charge in [0.05, 0.1) is 23.1 Å². The third kappa shape index (κ3) is 5.16. The van der Waals surface area contributed by atoms with E-state index in [9.17, 15) is 18.0 Å². The van der Waals surface area contributed by atoms with Gasteiger partial charge in [0.25, 0.3) is 5.91 Å². The van der Waals surface area contributed by atoms with Crippen molar-refractivity contribution in [2.24, 2.45) is 0 Å². The molecule has 0 bridgehead atoms. The summed E-state index contributed by atoms with van der Waals surface area (Å²) in [5.41, 5.74) is -0.509. The molecule has 31 heavy (non-hydrogen) atoms. The molecule has 0 radical (unpaired) electrons. The Labute approximate surface area is 182 Å². The van der Waals surface area contributed by atoms with Crippen molar-refractivity contribution in [3.05, 3.63) is 76.0 Å². The number of carbonyl (C=O) groups excluding carboxylic acids is 1. The highest BCUT2D eigenvalue weighted by atomic mass is 32.1. The Hall–Kier alpha value is -2.65. The molecule has 1 unspecified atom stereocenters. The molecule has 4 rings (SSSR count). The summed E-state index contributed by atoms with van der Waals surface area (Å²) in [7, 11) is 0. The number of aromatic nitrogens is 2. The molecule has 0 spiro atoms. The molecular formula is C22H22F3N3O2S. The van der Waals surface area contributed by atoms with E-state index in [2.05, 4.69) is 4.98 Å². The van der Waals surface area contributed by atoms with Crippen molar-refractivity contribution in [3.8, 4) is 0 Å². The van der Waals surface area contributed by atoms with E-state index in [1.807, 2.05) is 11.4 Å². The van der Waals surface area contributed by atoms with Gasteiger partial charge in [-0.3, -0.25) is 4.79 Å². The van der Waals surface area contributed by atoms with E-state index in [1.54, 1.807) is 34.0 Å². The summed E-state index contributed by atoms with van der Waals surface area (Å²) in [6, 6.07) is 9.09. The summed E-state index contributed by atoms with van der Waals surface area (Å²) in [4.78, 5) is 19.7. The number of halogens is 3. The maximum atomic E-state index is 13.4. The molecule has 3 heterocycles. The Kier molecular flexibility index (Phi) is 6.43. The van der Waals surface area contributed by atoms with Crippen LogP contribution in [-0.2, 0) is 24.0 Å². The number of rotatable bonds is 7. The van der Waals surface area contributed by atoms with Crippen molar-refractivity contribution in [2.45, 2.75) is 38.2 Å². The fourth-order valence-corrected chi connectivity index (χ4v) is 4.42. The first-order chi connectivity index (χ1) is 14.9. The first-order valence-corrected chi connectivity index (χ1v) is 10.9. The zero-order valence-corrected chi connectivity index (χ0v) is 17.5. The second-order valence-corrected chi connectivity index (χ2v) is 8.37. The molecule has 164 valence electrons. The highest BCUT2D eigenvalue weighted by Gasteiger charge is 2.33. The zero-order valence-electron chi connectivity index (χ0n) is 16.7. The van der Waals surface area contributed by atoms with Crippen LogP contribution in [0.4, 0.5) is 13.2 Å². The monoisotopic (exact) mass is 449 g/mol. The van der Waals surface area contributed by atoms with Crippen LogP contribution in [0.15, 0.2) is 54.2 Å². The minimum atomic E-state index is -4.43. The normalized spacial score (nSPS) is 16.5. The average molecular weight is 449 g/mol. The number of imidazole rings is 1. The number of carbonyl (C=O) groups is 1. The first kappa shape index (κ1) is 21.6. The van der Waals surface area contributed by atoms with Gasteiger partial charge in [-0.2, -0.15) is 13.2 Å². The van der Waals surface area contributed by atoms with E-state index in [0.29, 0.717) is 23.9 Å². The Morgan fingerprint density at radius 2 is 2.10 bits per heavy atom. The Bertz CT molecular complexity index is 1010. The van der Waals surface area contributed by atoms with Crippen LogP contribution >= 0.6 is 11.3 Å². The van der Waals surface area contributed by atoms with E-state index in [0.717, 1.165) is 18.9 Å². The van der Waals surface area contributed by atoms with Crippen LogP contribution < -0.4 is 0 Å². The summed E-state index contributed by atoms with van der Waals surface area (Å²) in [6.45, 7) is 1.31. The van der Waals surface area contributed by atoms with Crippen LogP contribution in [-0.4, -0.2) is 39.6 Å². The van der Waals surface area contributed by atoms with Crippen molar-refractivity contribution in [1.29, 1.82) is 0 Å². The standard InChI is InChI=1S/C22H22F3N3O2S/c23-22(24,25)18-7-2-1-5-16(18)13-27-10-9-26-20(27)15-28(14-17-6-3-11-30-17)21(29)19-8-4-12-31-19/h1-2,4-5,7-10,12,17H,3,6,11,13-15H2. The third-order valence-electron chi connectivity index (χ3n) is 5.26. The van der Waals surface area contributed by atoms with Crippen molar-refractivity contribution >= 4 is 17.2 Å². The molecule has 2 aromatic heterocycles. The molecule has 3 aromatic rings. The molecule has 1 fully saturated rings. The molecule has 5 nitrogen and oxygen atoms in total. The van der Waals surface area contributed by atoms with Crippen molar-refractivity contribution < 1.29 is 22.7 Å². The van der Waals surface area contributed by atoms with Gasteiger partial charge in [-0.05, 0) is 35.9 Å². The molecule has 9 heteroatoms. The highest BCUT2D eigenvalue weighted by Crippen LogP contribution is 2.32. The number of hydrogen-bond acceptors (Lipinski definition) is 4. The van der Waals surface area contributed by atoms with Crippen molar-refractivity contribution in [3.63, 3.8) is 0 Å². The minimum Gasteiger partial charge on any atom is -0.376 e. The van der Waals surface area contributed by atoms with Gasteiger partial charge in [-0.25, -0.2) is 4.98 Å². The lowest BCUT2D eigenvalue weighted by Gasteiger charge is -2.25. The lowest BCUT2D eigenvalue weighted by molar-refractivity contribution is -0.138. The molecule has 0 saturated carbocycles. The maximum Gasteiger partial charge on any atom is 0.416 e. The number of alkyl halides is 3. The lowest BCUT2D eigenvalue weighted by Crippen LogP contribution is -2.37. The second kappa shape index (κ2) is 9.23. The number of nitrogens with zero attached hydrogens (tertiary/aromatic N) is 3. The number of thiophene rings is 1. The second-order valence-electron chi connectivity index (χ2n) is 7.42. The largest absolute Gasteiger partial charge is 0.416 e. The predicted molar refractivity (Wildman–Crippen MR) is 111 cm³/mol. The molecule has 0 N–H and O–H groups in total. The SMILES string of the molecule is O=C(c1cccs1)N(Cc1nccn1Cc1ccccc1C(F)(F)F)CC1CCCO1. The predicted octanol–water partition coefficient (Wildman–Crippen LogP) is 4.83. The molecule has 1 amide bonds. The molecule has 1 aliphatic rings. The maximum absolute atomic E-state index is 13.4. The van der Waals surface area contributed by atoms with Gasteiger partial charge >= 0.3 is 6.18 Å². The number of ether oxygens (including phenoxy) is 1. The molecule has 1 aliphatic heterocycles. The van der Waals surface area contributed by atoms with Crippen molar-refractivity contribution in [1.82, 2.24) is 14.5 Å². The molecule has 0 aliphatic carbocycles. The Morgan fingerprint density at radius 1 is 1.26 bits per heavy atom. The van der Waals surface area contributed by atoms with Gasteiger partial charge < -0.3 is 14.2 Å².